The molecule has 0 aliphatic heterocycles. The van der Waals surface area contributed by atoms with E-state index in [1.807, 2.05) is 27.7 Å². The molecule has 0 aromatic heterocycles. The van der Waals surface area contributed by atoms with Crippen LogP contribution in [0.4, 0.5) is 0 Å². The van der Waals surface area contributed by atoms with E-state index in [9.17, 15) is 4.79 Å². The Morgan fingerprint density at radius 2 is 1.88 bits per heavy atom. The van der Waals surface area contributed by atoms with Crippen LogP contribution in [-0.4, -0.2) is 12.1 Å². The molecule has 0 N–H and O–H groups in total. The molecule has 1 saturated carbocycles. The highest BCUT2D eigenvalue weighted by Crippen LogP contribution is 2.36. The molecule has 3 nitrogen and oxygen atoms in total. The van der Waals surface area contributed by atoms with Crippen molar-refractivity contribution in [2.24, 2.45) is 10.8 Å². The summed E-state index contributed by atoms with van der Waals surface area (Å²) in [6.07, 6.45) is 3.28. The number of hydrogen-bond donors (Lipinski definition) is 0. The highest BCUT2D eigenvalue weighted by molar-refractivity contribution is 5.75. The fourth-order valence-corrected chi connectivity index (χ4v) is 1.79. The van der Waals surface area contributed by atoms with Crippen LogP contribution >= 0.6 is 0 Å². The van der Waals surface area contributed by atoms with Crippen molar-refractivity contribution in [2.45, 2.75) is 59.5 Å². The van der Waals surface area contributed by atoms with Gasteiger partial charge in [-0.25, -0.2) is 0 Å². The molecule has 0 unspecified atom stereocenters. The maximum atomic E-state index is 11.7. The summed E-state index contributed by atoms with van der Waals surface area (Å²) in [6, 6.07) is 2.34. The van der Waals surface area contributed by atoms with Gasteiger partial charge < -0.3 is 4.74 Å². The largest absolute Gasteiger partial charge is 0.462 e. The van der Waals surface area contributed by atoms with E-state index in [0.717, 1.165) is 25.7 Å². The number of hydrogen-bond acceptors (Lipinski definition) is 3. The van der Waals surface area contributed by atoms with Crippen LogP contribution in [0.15, 0.2) is 0 Å². The van der Waals surface area contributed by atoms with Crippen molar-refractivity contribution in [3.63, 3.8) is 0 Å². The van der Waals surface area contributed by atoms with Gasteiger partial charge in [-0.2, -0.15) is 5.26 Å². The lowest BCUT2D eigenvalue weighted by atomic mass is 9.76. The average molecular weight is 223 g/mol. The zero-order valence-electron chi connectivity index (χ0n) is 10.7. The molecule has 0 spiro atoms. The molecular weight excluding hydrogens is 202 g/mol. The lowest BCUT2D eigenvalue weighted by molar-refractivity contribution is -0.160. The minimum atomic E-state index is -0.435. The fourth-order valence-electron chi connectivity index (χ4n) is 1.79. The van der Waals surface area contributed by atoms with Crippen LogP contribution in [0.1, 0.15) is 53.4 Å². The molecule has 0 radical (unpaired) electrons. The van der Waals surface area contributed by atoms with E-state index in [0.29, 0.717) is 0 Å². The van der Waals surface area contributed by atoms with E-state index in [2.05, 4.69) is 6.07 Å². The normalized spacial score (nSPS) is 30.6. The molecule has 90 valence electrons. The van der Waals surface area contributed by atoms with Crippen LogP contribution in [0.2, 0.25) is 0 Å². The summed E-state index contributed by atoms with van der Waals surface area (Å²) in [4.78, 5) is 11.7. The predicted molar refractivity (Wildman–Crippen MR) is 61.5 cm³/mol. The van der Waals surface area contributed by atoms with Crippen LogP contribution in [0.25, 0.3) is 0 Å². The van der Waals surface area contributed by atoms with Gasteiger partial charge in [-0.05, 0) is 53.4 Å². The third-order valence-electron chi connectivity index (χ3n) is 3.19. The number of rotatable bonds is 1. The van der Waals surface area contributed by atoms with E-state index in [1.165, 1.54) is 0 Å². The Morgan fingerprint density at radius 1 is 1.38 bits per heavy atom. The third kappa shape index (κ3) is 3.23. The summed E-state index contributed by atoms with van der Waals surface area (Å²) in [5.74, 6) is -0.141. The van der Waals surface area contributed by atoms with E-state index in [-0.39, 0.29) is 17.5 Å². The van der Waals surface area contributed by atoms with Gasteiger partial charge in [0, 0.05) is 0 Å². The zero-order valence-corrected chi connectivity index (χ0v) is 10.7. The molecule has 0 saturated heterocycles. The Morgan fingerprint density at radius 3 is 2.25 bits per heavy atom. The Balaban J connectivity index is 2.45. The second-order valence-electron chi connectivity index (χ2n) is 6.03. The van der Waals surface area contributed by atoms with Gasteiger partial charge in [0.25, 0.3) is 0 Å². The lowest BCUT2D eigenvalue weighted by Gasteiger charge is -2.32. The Bertz CT molecular complexity index is 301. The number of esters is 1. The minimum absolute atomic E-state index is 0.00755. The predicted octanol–water partition coefficient (Wildman–Crippen LogP) is 3.05. The average Bonchev–Trinajstić information content (AvgIpc) is 2.20. The van der Waals surface area contributed by atoms with E-state index >= 15 is 0 Å². The second-order valence-corrected chi connectivity index (χ2v) is 6.03. The molecule has 0 amide bonds. The molecule has 1 rings (SSSR count). The number of carbonyl (C=O) groups excluding carboxylic acids is 1. The van der Waals surface area contributed by atoms with Crippen molar-refractivity contribution in [3.05, 3.63) is 0 Å². The number of ether oxygens (including phenoxy) is 1. The number of nitrogens with zero attached hydrogens (tertiary/aromatic N) is 1. The second kappa shape index (κ2) is 4.45. The molecule has 0 aromatic carbocycles. The zero-order chi connectivity index (χ0) is 12.4. The number of carbonyl (C=O) groups is 1. The van der Waals surface area contributed by atoms with Crippen LogP contribution in [0.3, 0.4) is 0 Å². The van der Waals surface area contributed by atoms with E-state index in [4.69, 9.17) is 10.00 Å². The summed E-state index contributed by atoms with van der Waals surface area (Å²) >= 11 is 0. The van der Waals surface area contributed by atoms with Gasteiger partial charge in [0.15, 0.2) is 0 Å². The first-order valence-electron chi connectivity index (χ1n) is 5.89. The van der Waals surface area contributed by atoms with Crippen molar-refractivity contribution < 1.29 is 9.53 Å². The van der Waals surface area contributed by atoms with Crippen LogP contribution in [0.5, 0.6) is 0 Å². The highest BCUT2D eigenvalue weighted by atomic mass is 16.5. The van der Waals surface area contributed by atoms with Crippen LogP contribution in [0, 0.1) is 22.2 Å². The molecule has 0 atom stereocenters. The van der Waals surface area contributed by atoms with E-state index < -0.39 is 5.41 Å². The maximum Gasteiger partial charge on any atom is 0.311 e. The van der Waals surface area contributed by atoms with Crippen molar-refractivity contribution in [2.75, 3.05) is 0 Å². The van der Waals surface area contributed by atoms with Gasteiger partial charge in [-0.3, -0.25) is 4.79 Å². The van der Waals surface area contributed by atoms with E-state index in [1.54, 1.807) is 0 Å². The van der Waals surface area contributed by atoms with Gasteiger partial charge in [-0.15, -0.1) is 0 Å². The molecule has 3 heteroatoms. The third-order valence-corrected chi connectivity index (χ3v) is 3.19. The Kier molecular flexibility index (Phi) is 3.62. The van der Waals surface area contributed by atoms with Gasteiger partial charge in [0.1, 0.15) is 6.10 Å². The molecule has 1 fully saturated rings. The maximum absolute atomic E-state index is 11.7. The SMILES string of the molecule is CC1(C#N)CCC(OC(=O)C(C)(C)C)CC1. The molecule has 0 aromatic rings. The highest BCUT2D eigenvalue weighted by Gasteiger charge is 2.34. The van der Waals surface area contributed by atoms with Gasteiger partial charge >= 0.3 is 5.97 Å². The first-order chi connectivity index (χ1) is 7.27. The van der Waals surface area contributed by atoms with Gasteiger partial charge in [0.2, 0.25) is 0 Å². The van der Waals surface area contributed by atoms with Crippen molar-refractivity contribution in [1.82, 2.24) is 0 Å². The van der Waals surface area contributed by atoms with Crippen molar-refractivity contribution in [1.29, 1.82) is 5.26 Å². The summed E-state index contributed by atoms with van der Waals surface area (Å²) in [5.41, 5.74) is -0.652. The molecule has 0 bridgehead atoms. The van der Waals surface area contributed by atoms with Gasteiger partial charge in [-0.1, -0.05) is 0 Å². The lowest BCUT2D eigenvalue weighted by Crippen LogP contribution is -2.33. The summed E-state index contributed by atoms with van der Waals surface area (Å²) in [6.45, 7) is 7.56. The van der Waals surface area contributed by atoms with Crippen LogP contribution in [-0.2, 0) is 9.53 Å². The smallest absolute Gasteiger partial charge is 0.311 e. The first kappa shape index (κ1) is 13.0. The Hall–Kier alpha value is -1.04. The summed E-state index contributed by atoms with van der Waals surface area (Å²) in [7, 11) is 0. The quantitative estimate of drug-likeness (QED) is 0.642. The summed E-state index contributed by atoms with van der Waals surface area (Å²) in [5, 5.41) is 8.99. The minimum Gasteiger partial charge on any atom is -0.462 e. The molecule has 16 heavy (non-hydrogen) atoms. The molecule has 1 aliphatic carbocycles. The standard InChI is InChI=1S/C13H21NO2/c1-12(2,3)11(15)16-10-5-7-13(4,9-14)8-6-10/h10H,5-8H2,1-4H3. The molecule has 0 heterocycles. The van der Waals surface area contributed by atoms with Crippen LogP contribution < -0.4 is 0 Å². The monoisotopic (exact) mass is 223 g/mol. The van der Waals surface area contributed by atoms with Crippen molar-refractivity contribution in [3.8, 4) is 6.07 Å². The number of nitriles is 1. The topological polar surface area (TPSA) is 50.1 Å². The summed E-state index contributed by atoms with van der Waals surface area (Å²) < 4.78 is 5.45. The van der Waals surface area contributed by atoms with Gasteiger partial charge in [0.05, 0.1) is 16.9 Å². The van der Waals surface area contributed by atoms with Crippen molar-refractivity contribution >= 4 is 5.97 Å². The Labute approximate surface area is 97.8 Å². The molecule has 1 aliphatic rings. The first-order valence-corrected chi connectivity index (χ1v) is 5.89. The fraction of sp³-hybridized carbons (Fsp3) is 0.846. The molecular formula is C13H21NO2.